The molecule has 328 valence electrons. The molecule has 0 unspecified atom stereocenters. The molecule has 13 heteroatoms. The molecule has 0 saturated heterocycles. The molecule has 4 N–H and O–H groups in total. The summed E-state index contributed by atoms with van der Waals surface area (Å²) >= 11 is 0. The maximum absolute atomic E-state index is 14.9. The van der Waals surface area contributed by atoms with Crippen molar-refractivity contribution >= 4 is 40.5 Å². The molecule has 1 aromatic heterocycles. The van der Waals surface area contributed by atoms with E-state index < -0.39 is 64.7 Å². The van der Waals surface area contributed by atoms with Gasteiger partial charge >= 0.3 is 5.97 Å². The van der Waals surface area contributed by atoms with Crippen LogP contribution >= 0.6 is 0 Å². The van der Waals surface area contributed by atoms with Gasteiger partial charge in [-0.15, -0.1) is 6.58 Å². The lowest BCUT2D eigenvalue weighted by molar-refractivity contribution is -0.150. The van der Waals surface area contributed by atoms with Gasteiger partial charge in [0.15, 0.2) is 0 Å². The van der Waals surface area contributed by atoms with E-state index >= 15 is 0 Å². The molecular formula is C48H63N5O8. The Balaban J connectivity index is 1.34. The van der Waals surface area contributed by atoms with E-state index in [1.807, 2.05) is 75.4 Å². The fourth-order valence-corrected chi connectivity index (χ4v) is 9.30. The van der Waals surface area contributed by atoms with Gasteiger partial charge in [0.25, 0.3) is 0 Å². The number of methoxy groups -OCH3 is 1. The van der Waals surface area contributed by atoms with Gasteiger partial charge < -0.3 is 35.5 Å². The van der Waals surface area contributed by atoms with Crippen LogP contribution in [0.2, 0.25) is 0 Å². The van der Waals surface area contributed by atoms with Gasteiger partial charge in [-0.2, -0.15) is 0 Å². The van der Waals surface area contributed by atoms with Crippen LogP contribution in [0.15, 0.2) is 67.3 Å². The van der Waals surface area contributed by atoms with Crippen molar-refractivity contribution in [1.82, 2.24) is 26.3 Å². The average Bonchev–Trinajstić information content (AvgIpc) is 3.85. The van der Waals surface area contributed by atoms with E-state index in [9.17, 15) is 24.0 Å². The average molecular weight is 838 g/mol. The minimum absolute atomic E-state index is 0.0226. The number of aromatic nitrogens is 1. The third kappa shape index (κ3) is 9.71. The lowest BCUT2D eigenvalue weighted by Crippen LogP contribution is -2.61. The number of ether oxygens (including phenoxy) is 3. The summed E-state index contributed by atoms with van der Waals surface area (Å²) in [6.07, 6.45) is 7.46. The summed E-state index contributed by atoms with van der Waals surface area (Å²) in [5.41, 5.74) is 0.238. The second-order valence-electron chi connectivity index (χ2n) is 17.2. The Morgan fingerprint density at radius 1 is 0.918 bits per heavy atom. The third-order valence-electron chi connectivity index (χ3n) is 13.6. The monoisotopic (exact) mass is 837 g/mol. The lowest BCUT2D eigenvalue weighted by Gasteiger charge is -2.38. The predicted molar refractivity (Wildman–Crippen MR) is 233 cm³/mol. The largest absolute Gasteiger partial charge is 0.497 e. The first-order valence-corrected chi connectivity index (χ1v) is 22.0. The smallest absolute Gasteiger partial charge is 0.332 e. The summed E-state index contributed by atoms with van der Waals surface area (Å²) in [5.74, 6) is -3.27. The molecule has 6 rings (SSSR count). The first-order chi connectivity index (χ1) is 29.3. The highest BCUT2D eigenvalue weighted by atomic mass is 16.5. The molecule has 61 heavy (non-hydrogen) atoms. The quantitative estimate of drug-likeness (QED) is 0.0832. The summed E-state index contributed by atoms with van der Waals surface area (Å²) in [7, 11) is 3.16. The van der Waals surface area contributed by atoms with Gasteiger partial charge in [-0.1, -0.05) is 76.4 Å². The molecule has 3 saturated carbocycles. The molecule has 3 aliphatic rings. The number of hydrogen-bond donors (Lipinski definition) is 4. The Labute approximate surface area is 359 Å². The molecule has 3 aliphatic carbocycles. The maximum Gasteiger partial charge on any atom is 0.332 e. The van der Waals surface area contributed by atoms with Gasteiger partial charge in [0.1, 0.15) is 35.2 Å². The second-order valence-corrected chi connectivity index (χ2v) is 17.2. The number of benzene rings is 2. The molecule has 0 radical (unpaired) electrons. The van der Waals surface area contributed by atoms with E-state index in [4.69, 9.17) is 19.2 Å². The number of fused-ring (bicyclic) bond motifs is 1. The van der Waals surface area contributed by atoms with Crippen molar-refractivity contribution in [2.24, 2.45) is 29.1 Å². The molecule has 0 bridgehead atoms. The zero-order valence-electron chi connectivity index (χ0n) is 36.5. The highest BCUT2D eigenvalue weighted by Crippen LogP contribution is 2.47. The molecule has 2 aromatic carbocycles. The predicted octanol–water partition coefficient (Wildman–Crippen LogP) is 6.43. The second kappa shape index (κ2) is 19.5. The van der Waals surface area contributed by atoms with Gasteiger partial charge in [-0.25, -0.2) is 9.78 Å². The number of nitrogens with one attached hydrogen (secondary N) is 4. The van der Waals surface area contributed by atoms with E-state index in [1.54, 1.807) is 27.2 Å². The summed E-state index contributed by atoms with van der Waals surface area (Å²) in [6, 6.07) is 15.4. The minimum atomic E-state index is -1.28. The van der Waals surface area contributed by atoms with Crippen LogP contribution in [0.4, 0.5) is 0 Å². The Hall–Kier alpha value is -5.46. The topological polar surface area (TPSA) is 174 Å². The van der Waals surface area contributed by atoms with Crippen LogP contribution in [0, 0.1) is 29.1 Å². The fourth-order valence-electron chi connectivity index (χ4n) is 9.30. The van der Waals surface area contributed by atoms with Crippen molar-refractivity contribution in [3.8, 4) is 22.8 Å². The van der Waals surface area contributed by atoms with Crippen LogP contribution in [0.25, 0.3) is 22.2 Å². The molecule has 7 atom stereocenters. The van der Waals surface area contributed by atoms with Gasteiger partial charge in [0.2, 0.25) is 23.6 Å². The number of nitrogens with zero attached hydrogens (tertiary/aromatic N) is 1. The number of rotatable bonds is 18. The van der Waals surface area contributed by atoms with Gasteiger partial charge in [0.05, 0.1) is 36.8 Å². The summed E-state index contributed by atoms with van der Waals surface area (Å²) in [5, 5.41) is 12.6. The van der Waals surface area contributed by atoms with Gasteiger partial charge in [0, 0.05) is 36.0 Å². The highest BCUT2D eigenvalue weighted by Gasteiger charge is 2.62. The van der Waals surface area contributed by atoms with E-state index in [0.29, 0.717) is 42.0 Å². The number of amides is 4. The van der Waals surface area contributed by atoms with Crippen LogP contribution in [0.3, 0.4) is 0 Å². The van der Waals surface area contributed by atoms with Crippen molar-refractivity contribution in [3.05, 3.63) is 67.3 Å². The normalized spacial score (nSPS) is 23.5. The van der Waals surface area contributed by atoms with Crippen molar-refractivity contribution in [2.45, 2.75) is 116 Å². The lowest BCUT2D eigenvalue weighted by atomic mass is 9.76. The molecular weight excluding hydrogens is 775 g/mol. The van der Waals surface area contributed by atoms with Gasteiger partial charge in [-0.3, -0.25) is 19.2 Å². The Morgan fingerprint density at radius 3 is 2.21 bits per heavy atom. The number of likely N-dealkylation sites (N-methyl/N-ethyl adjacent to an activating group) is 1. The first kappa shape index (κ1) is 45.1. The van der Waals surface area contributed by atoms with Crippen LogP contribution in [0.1, 0.15) is 91.9 Å². The Bertz CT molecular complexity index is 2080. The molecule has 13 nitrogen and oxygen atoms in total. The van der Waals surface area contributed by atoms with Crippen molar-refractivity contribution in [3.63, 3.8) is 0 Å². The van der Waals surface area contributed by atoms with Crippen LogP contribution in [-0.2, 0) is 28.7 Å². The van der Waals surface area contributed by atoms with Crippen LogP contribution in [0.5, 0.6) is 11.5 Å². The zero-order chi connectivity index (χ0) is 43.9. The zero-order valence-corrected chi connectivity index (χ0v) is 36.5. The number of hydrogen-bond acceptors (Lipinski definition) is 9. The van der Waals surface area contributed by atoms with Crippen LogP contribution < -0.4 is 30.7 Å². The Morgan fingerprint density at radius 2 is 1.61 bits per heavy atom. The standard InChI is InChI=1S/C48H63N5O8/c1-8-31-28-48(31,46(58)60-11-4)53-43(55)36-25-33(61-39-27-37(29-18-14-12-15-19-29)50-38-26-32(59-7)22-23-34(38)39)24-35(36)42(54)52-41(47(5,9-2)10-3)45(57)51-40(44(56)49-6)30-20-16-13-17-21-30/h8,12,14-15,18-19,22-23,26-27,30-31,33,35-36,40-41H,1,9-11,13,16-17,20-21,24-25,28H2,2-7H3,(H,49,56)(H,51,57)(H,52,54)(H,53,55)/t31-,33+,35-,36-,40+,41-,48-/m1/s1. The number of esters is 1. The van der Waals surface area contributed by atoms with E-state index in [-0.39, 0.29) is 37.2 Å². The summed E-state index contributed by atoms with van der Waals surface area (Å²) in [6.45, 7) is 11.6. The Kier molecular flexibility index (Phi) is 14.4. The number of carbonyl (C=O) groups excluding carboxylic acids is 5. The maximum atomic E-state index is 14.9. The molecule has 0 spiro atoms. The van der Waals surface area contributed by atoms with E-state index in [1.165, 1.54) is 0 Å². The SMILES string of the molecule is C=C[C@@H]1C[C@]1(NC(=O)[C@@H]1C[C@@H](Oc2cc(-c3ccccc3)nc3cc(OC)ccc23)C[C@H]1C(=O)N[C@H](C(=O)N[C@H](C(=O)NC)C1CCCCC1)C(C)(CC)CC)C(=O)OCC. The van der Waals surface area contributed by atoms with E-state index in [0.717, 1.165) is 43.1 Å². The molecule has 0 aliphatic heterocycles. The number of pyridine rings is 1. The van der Waals surface area contributed by atoms with Gasteiger partial charge in [-0.05, 0) is 75.3 Å². The van der Waals surface area contributed by atoms with Crippen molar-refractivity contribution in [2.75, 3.05) is 20.8 Å². The molecule has 4 amide bonds. The fraction of sp³-hybridized carbons (Fsp3) is 0.542. The molecule has 3 fully saturated rings. The summed E-state index contributed by atoms with van der Waals surface area (Å²) < 4.78 is 17.7. The molecule has 3 aromatic rings. The molecule has 1 heterocycles. The van der Waals surface area contributed by atoms with E-state index in [2.05, 4.69) is 27.8 Å². The third-order valence-corrected chi connectivity index (χ3v) is 13.6. The number of carbonyl (C=O) groups is 5. The van der Waals surface area contributed by atoms with Crippen LogP contribution in [-0.4, -0.2) is 79.1 Å². The highest BCUT2D eigenvalue weighted by molar-refractivity contribution is 5.97. The summed E-state index contributed by atoms with van der Waals surface area (Å²) in [4.78, 5) is 75.3. The van der Waals surface area contributed by atoms with Crippen molar-refractivity contribution < 1.29 is 38.2 Å². The minimum Gasteiger partial charge on any atom is -0.497 e. The first-order valence-electron chi connectivity index (χ1n) is 22.0. The van der Waals surface area contributed by atoms with Crippen molar-refractivity contribution in [1.29, 1.82) is 0 Å².